The quantitative estimate of drug-likeness (QED) is 0.434. The Morgan fingerprint density at radius 2 is 2.57 bits per heavy atom. The zero-order chi connectivity index (χ0) is 5.11. The fourth-order valence-corrected chi connectivity index (χ4v) is 0.483. The Labute approximate surface area is 42.1 Å². The van der Waals surface area contributed by atoms with Crippen LogP contribution in [-0.4, -0.2) is 19.1 Å². The molecule has 1 saturated heterocycles. The average Bonchev–Trinajstić information content (AvgIpc) is 1.55. The minimum absolute atomic E-state index is 0.206. The highest BCUT2D eigenvalue weighted by Crippen LogP contribution is 1.94. The number of carbonyl (C=O) groups excluding carboxylic acids is 1. The number of rotatable bonds is 2. The van der Waals surface area contributed by atoms with Crippen LogP contribution in [-0.2, 0) is 4.79 Å². The van der Waals surface area contributed by atoms with Gasteiger partial charge in [-0.3, -0.25) is 10.1 Å². The van der Waals surface area contributed by atoms with Crippen LogP contribution in [0.15, 0.2) is 0 Å². The number of hydrogen-bond donors (Lipinski definition) is 2. The van der Waals surface area contributed by atoms with Gasteiger partial charge in [-0.05, 0) is 6.42 Å². The molecule has 1 fully saturated rings. The van der Waals surface area contributed by atoms with Crippen LogP contribution in [0.1, 0.15) is 6.42 Å². The molecule has 3 nitrogen and oxygen atoms in total. The van der Waals surface area contributed by atoms with Crippen molar-refractivity contribution in [3.8, 4) is 0 Å². The molecule has 1 atom stereocenters. The van der Waals surface area contributed by atoms with Crippen molar-refractivity contribution < 1.29 is 4.79 Å². The van der Waals surface area contributed by atoms with Crippen molar-refractivity contribution in [1.29, 1.82) is 0 Å². The van der Waals surface area contributed by atoms with E-state index in [4.69, 9.17) is 0 Å². The van der Waals surface area contributed by atoms with Crippen molar-refractivity contribution >= 4 is 6.41 Å². The molecule has 39 valence electrons. The van der Waals surface area contributed by atoms with Crippen molar-refractivity contribution in [2.24, 2.45) is 0 Å². The Balaban J connectivity index is 2.03. The maximum Gasteiger partial charge on any atom is 0.310 e. The van der Waals surface area contributed by atoms with Crippen molar-refractivity contribution in [2.75, 3.05) is 6.54 Å². The smallest absolute Gasteiger partial charge is 0.310 e. The van der Waals surface area contributed by atoms with Crippen LogP contribution >= 0.6 is 0 Å². The first-order valence-electron chi connectivity index (χ1n) is 2.29. The number of nitrogens with one attached hydrogen (secondary N) is 2. The van der Waals surface area contributed by atoms with Crippen LogP contribution in [0.4, 0.5) is 0 Å². The summed E-state index contributed by atoms with van der Waals surface area (Å²) in [6.07, 6.45) is 2.85. The van der Waals surface area contributed by atoms with Crippen LogP contribution in [0.25, 0.3) is 0 Å². The summed E-state index contributed by atoms with van der Waals surface area (Å²) in [4.78, 5) is 9.53. The molecule has 1 amide bonds. The summed E-state index contributed by atoms with van der Waals surface area (Å²) >= 11 is 0. The molecule has 0 aromatic carbocycles. The van der Waals surface area contributed by atoms with Gasteiger partial charge in [-0.1, -0.05) is 0 Å². The molecule has 0 bridgehead atoms. The predicted octanol–water partition coefficient (Wildman–Crippen LogP) is -1.04. The molecule has 1 aliphatic heterocycles. The Hall–Kier alpha value is -0.570. The highest BCUT2D eigenvalue weighted by atomic mass is 16.1. The molecule has 0 aliphatic carbocycles. The molecule has 3 heteroatoms. The van der Waals surface area contributed by atoms with Crippen LogP contribution in [0.3, 0.4) is 0 Å². The lowest BCUT2D eigenvalue weighted by Crippen LogP contribution is -2.52. The maximum atomic E-state index is 9.53. The molecule has 0 aromatic rings. The predicted molar refractivity (Wildman–Crippen MR) is 25.2 cm³/mol. The number of hydrogen-bond acceptors (Lipinski definition) is 2. The normalized spacial score (nSPS) is 28.3. The van der Waals surface area contributed by atoms with Crippen molar-refractivity contribution in [3.05, 3.63) is 0 Å². The lowest BCUT2D eigenvalue weighted by atomic mass is 10.2. The number of amides is 1. The fourth-order valence-electron chi connectivity index (χ4n) is 0.483. The highest BCUT2D eigenvalue weighted by Gasteiger charge is 2.13. The summed E-state index contributed by atoms with van der Waals surface area (Å²) in [6.45, 7) is 1.01. The average molecular weight is 99.1 g/mol. The summed E-state index contributed by atoms with van der Waals surface area (Å²) in [6, 6.07) is 0. The third-order valence-corrected chi connectivity index (χ3v) is 1.06. The molecular formula is C4H7N2O. The summed E-state index contributed by atoms with van der Waals surface area (Å²) in [5, 5.41) is 5.44. The van der Waals surface area contributed by atoms with Gasteiger partial charge in [0.25, 0.3) is 0 Å². The van der Waals surface area contributed by atoms with E-state index in [0.29, 0.717) is 0 Å². The summed E-state index contributed by atoms with van der Waals surface area (Å²) in [5.74, 6) is 0. The first-order chi connectivity index (χ1) is 3.43. The zero-order valence-corrected chi connectivity index (χ0v) is 3.90. The first kappa shape index (κ1) is 4.59. The second kappa shape index (κ2) is 1.93. The molecule has 1 rings (SSSR count). The molecule has 1 aliphatic rings. The summed E-state index contributed by atoms with van der Waals surface area (Å²) in [5.41, 5.74) is 0. The van der Waals surface area contributed by atoms with E-state index >= 15 is 0 Å². The Morgan fingerprint density at radius 3 is 2.71 bits per heavy atom. The lowest BCUT2D eigenvalue weighted by Gasteiger charge is -2.25. The zero-order valence-electron chi connectivity index (χ0n) is 3.90. The molecule has 1 unspecified atom stereocenters. The van der Waals surface area contributed by atoms with Crippen LogP contribution in [0.2, 0.25) is 0 Å². The van der Waals surface area contributed by atoms with Crippen LogP contribution in [0, 0.1) is 0 Å². The van der Waals surface area contributed by atoms with Gasteiger partial charge in [0, 0.05) is 6.54 Å². The van der Waals surface area contributed by atoms with Gasteiger partial charge in [-0.2, -0.15) is 0 Å². The summed E-state index contributed by atoms with van der Waals surface area (Å²) < 4.78 is 0. The van der Waals surface area contributed by atoms with E-state index < -0.39 is 0 Å². The van der Waals surface area contributed by atoms with E-state index in [-0.39, 0.29) is 6.17 Å². The third kappa shape index (κ3) is 0.899. The minimum Gasteiger partial charge on any atom is -0.332 e. The molecule has 7 heavy (non-hydrogen) atoms. The van der Waals surface area contributed by atoms with Gasteiger partial charge in [0.15, 0.2) is 0 Å². The standard InChI is InChI=1S/C4H7N2O/c7-3-6-4-1-2-5-4/h4-5H,1-2H2,(H,6,7). The Kier molecular flexibility index (Phi) is 1.26. The van der Waals surface area contributed by atoms with E-state index in [1.807, 2.05) is 0 Å². The first-order valence-corrected chi connectivity index (χ1v) is 2.29. The Bertz CT molecular complexity index is 70.1. The second-order valence-electron chi connectivity index (χ2n) is 1.54. The topological polar surface area (TPSA) is 41.1 Å². The lowest BCUT2D eigenvalue weighted by molar-refractivity contribution is 0.342. The molecule has 0 saturated carbocycles. The van der Waals surface area contributed by atoms with Crippen molar-refractivity contribution in [1.82, 2.24) is 10.6 Å². The van der Waals surface area contributed by atoms with E-state index in [2.05, 4.69) is 10.6 Å². The minimum atomic E-state index is 0.206. The molecule has 1 heterocycles. The summed E-state index contributed by atoms with van der Waals surface area (Å²) in [7, 11) is 0. The van der Waals surface area contributed by atoms with Crippen molar-refractivity contribution in [3.63, 3.8) is 0 Å². The SMILES string of the molecule is O=[C]NC1CCN1. The van der Waals surface area contributed by atoms with Crippen LogP contribution in [0.5, 0.6) is 0 Å². The monoisotopic (exact) mass is 99.1 g/mol. The fraction of sp³-hybridized carbons (Fsp3) is 0.750. The van der Waals surface area contributed by atoms with Gasteiger partial charge in [-0.15, -0.1) is 0 Å². The van der Waals surface area contributed by atoms with Crippen LogP contribution < -0.4 is 10.6 Å². The van der Waals surface area contributed by atoms with Crippen molar-refractivity contribution in [2.45, 2.75) is 12.6 Å². The third-order valence-electron chi connectivity index (χ3n) is 1.06. The molecule has 0 spiro atoms. The second-order valence-corrected chi connectivity index (χ2v) is 1.54. The van der Waals surface area contributed by atoms with E-state index in [1.165, 1.54) is 0 Å². The molecule has 2 N–H and O–H groups in total. The largest absolute Gasteiger partial charge is 0.332 e. The van der Waals surface area contributed by atoms with Gasteiger partial charge in [0.1, 0.15) is 0 Å². The van der Waals surface area contributed by atoms with E-state index in [1.54, 1.807) is 6.41 Å². The molecule has 1 radical (unpaired) electrons. The highest BCUT2D eigenvalue weighted by molar-refractivity contribution is 5.47. The van der Waals surface area contributed by atoms with Gasteiger partial charge < -0.3 is 5.32 Å². The Morgan fingerprint density at radius 1 is 1.86 bits per heavy atom. The van der Waals surface area contributed by atoms with Gasteiger partial charge in [0.2, 0.25) is 0 Å². The van der Waals surface area contributed by atoms with Gasteiger partial charge in [-0.25, -0.2) is 0 Å². The van der Waals surface area contributed by atoms with E-state index in [9.17, 15) is 4.79 Å². The maximum absolute atomic E-state index is 9.53. The molecular weight excluding hydrogens is 92.1 g/mol. The van der Waals surface area contributed by atoms with Gasteiger partial charge in [0.05, 0.1) is 6.17 Å². The van der Waals surface area contributed by atoms with E-state index in [0.717, 1.165) is 13.0 Å². The molecule has 0 aromatic heterocycles. The van der Waals surface area contributed by atoms with Gasteiger partial charge >= 0.3 is 6.41 Å².